The van der Waals surface area contributed by atoms with Gasteiger partial charge in [-0.3, -0.25) is 19.3 Å². The molecule has 0 aliphatic carbocycles. The van der Waals surface area contributed by atoms with E-state index in [4.69, 9.17) is 0 Å². The molecule has 3 heterocycles. The quantitative estimate of drug-likeness (QED) is 0.782. The lowest BCUT2D eigenvalue weighted by Gasteiger charge is -2.36. The van der Waals surface area contributed by atoms with E-state index in [-0.39, 0.29) is 17.4 Å². The summed E-state index contributed by atoms with van der Waals surface area (Å²) in [6.45, 7) is 4.74. The number of aromatic nitrogens is 1. The topological polar surface area (TPSA) is 65.9 Å². The molecule has 0 atom stereocenters. The van der Waals surface area contributed by atoms with Crippen molar-refractivity contribution >= 4 is 11.8 Å². The number of piperidine rings is 1. The van der Waals surface area contributed by atoms with Crippen molar-refractivity contribution in [2.75, 3.05) is 45.8 Å². The van der Waals surface area contributed by atoms with Crippen molar-refractivity contribution in [1.29, 1.82) is 0 Å². The standard InChI is InChI=1S/C18H26N4O3/c1-19-8-5-15(13-16(19)23)18(25)22-11-9-20(10-12-22)14-17(24)21-6-3-2-4-7-21/h5,8,13H,2-4,6-7,9-12,14H2,1H3. The van der Waals surface area contributed by atoms with Crippen LogP contribution in [-0.4, -0.2) is 76.9 Å². The molecule has 2 amide bonds. The Bertz CT molecular complexity index is 686. The van der Waals surface area contributed by atoms with Crippen LogP contribution in [0.25, 0.3) is 0 Å². The summed E-state index contributed by atoms with van der Waals surface area (Å²) in [7, 11) is 1.66. The van der Waals surface area contributed by atoms with E-state index in [1.165, 1.54) is 17.1 Å². The number of hydrogen-bond donors (Lipinski definition) is 0. The van der Waals surface area contributed by atoms with E-state index in [9.17, 15) is 14.4 Å². The predicted octanol–water partition coefficient (Wildman–Crippen LogP) is 0.156. The number of likely N-dealkylation sites (tertiary alicyclic amines) is 1. The Morgan fingerprint density at radius 3 is 2.28 bits per heavy atom. The molecule has 25 heavy (non-hydrogen) atoms. The summed E-state index contributed by atoms with van der Waals surface area (Å²) >= 11 is 0. The fourth-order valence-electron chi connectivity index (χ4n) is 3.41. The van der Waals surface area contributed by atoms with Gasteiger partial charge in [0.2, 0.25) is 5.91 Å². The lowest BCUT2D eigenvalue weighted by molar-refractivity contribution is -0.133. The van der Waals surface area contributed by atoms with Gasteiger partial charge in [-0.15, -0.1) is 0 Å². The maximum absolute atomic E-state index is 12.5. The Morgan fingerprint density at radius 2 is 1.64 bits per heavy atom. The van der Waals surface area contributed by atoms with Gasteiger partial charge in [-0.05, 0) is 25.3 Å². The predicted molar refractivity (Wildman–Crippen MR) is 94.5 cm³/mol. The molecule has 0 bridgehead atoms. The third kappa shape index (κ3) is 4.28. The molecule has 7 nitrogen and oxygen atoms in total. The Balaban J connectivity index is 1.51. The highest BCUT2D eigenvalue weighted by molar-refractivity contribution is 5.94. The third-order valence-corrected chi connectivity index (χ3v) is 5.08. The highest BCUT2D eigenvalue weighted by Crippen LogP contribution is 2.11. The summed E-state index contributed by atoms with van der Waals surface area (Å²) in [5, 5.41) is 0. The van der Waals surface area contributed by atoms with Crippen LogP contribution >= 0.6 is 0 Å². The molecule has 7 heteroatoms. The first kappa shape index (κ1) is 17.7. The first-order valence-corrected chi connectivity index (χ1v) is 9.01. The van der Waals surface area contributed by atoms with Crippen molar-refractivity contribution in [2.24, 2.45) is 7.05 Å². The number of amides is 2. The van der Waals surface area contributed by atoms with Crippen LogP contribution < -0.4 is 5.56 Å². The van der Waals surface area contributed by atoms with Gasteiger partial charge in [-0.25, -0.2) is 0 Å². The van der Waals surface area contributed by atoms with Gasteiger partial charge in [0, 0.05) is 64.1 Å². The van der Waals surface area contributed by atoms with Crippen molar-refractivity contribution in [1.82, 2.24) is 19.3 Å². The van der Waals surface area contributed by atoms with Gasteiger partial charge in [-0.2, -0.15) is 0 Å². The largest absolute Gasteiger partial charge is 0.342 e. The molecular weight excluding hydrogens is 320 g/mol. The smallest absolute Gasteiger partial charge is 0.254 e. The highest BCUT2D eigenvalue weighted by atomic mass is 16.2. The Labute approximate surface area is 147 Å². The van der Waals surface area contributed by atoms with E-state index in [0.717, 1.165) is 25.9 Å². The van der Waals surface area contributed by atoms with Gasteiger partial charge in [-0.1, -0.05) is 0 Å². The van der Waals surface area contributed by atoms with Crippen LogP contribution in [0.3, 0.4) is 0 Å². The normalized spacial score (nSPS) is 19.1. The number of piperazine rings is 1. The molecule has 0 spiro atoms. The first-order valence-electron chi connectivity index (χ1n) is 9.01. The van der Waals surface area contributed by atoms with Crippen LogP contribution in [0.1, 0.15) is 29.6 Å². The molecule has 0 N–H and O–H groups in total. The van der Waals surface area contributed by atoms with Gasteiger partial charge >= 0.3 is 0 Å². The summed E-state index contributed by atoms with van der Waals surface area (Å²) in [6, 6.07) is 3.06. The van der Waals surface area contributed by atoms with Crippen molar-refractivity contribution in [3.63, 3.8) is 0 Å². The van der Waals surface area contributed by atoms with Crippen LogP contribution in [0.4, 0.5) is 0 Å². The molecule has 1 aromatic rings. The minimum atomic E-state index is -0.184. The number of hydrogen-bond acceptors (Lipinski definition) is 4. The van der Waals surface area contributed by atoms with E-state index in [1.807, 2.05) is 4.90 Å². The molecule has 0 aromatic carbocycles. The molecular formula is C18H26N4O3. The number of pyridine rings is 1. The van der Waals surface area contributed by atoms with Gasteiger partial charge in [0.1, 0.15) is 0 Å². The number of nitrogens with zero attached hydrogens (tertiary/aromatic N) is 4. The minimum Gasteiger partial charge on any atom is -0.342 e. The zero-order valence-electron chi connectivity index (χ0n) is 14.8. The van der Waals surface area contributed by atoms with Crippen molar-refractivity contribution in [3.8, 4) is 0 Å². The van der Waals surface area contributed by atoms with Gasteiger partial charge in [0.15, 0.2) is 0 Å². The van der Waals surface area contributed by atoms with Crippen LogP contribution in [0.15, 0.2) is 23.1 Å². The lowest BCUT2D eigenvalue weighted by atomic mass is 10.1. The van der Waals surface area contributed by atoms with Gasteiger partial charge in [0.05, 0.1) is 6.54 Å². The second-order valence-corrected chi connectivity index (χ2v) is 6.87. The van der Waals surface area contributed by atoms with Crippen LogP contribution in [-0.2, 0) is 11.8 Å². The number of carbonyl (C=O) groups is 2. The Kier molecular flexibility index (Phi) is 5.53. The Hall–Kier alpha value is -2.15. The maximum atomic E-state index is 12.5. The second kappa shape index (κ2) is 7.82. The number of rotatable bonds is 3. The van der Waals surface area contributed by atoms with E-state index >= 15 is 0 Å². The monoisotopic (exact) mass is 346 g/mol. The molecule has 0 radical (unpaired) electrons. The van der Waals surface area contributed by atoms with Gasteiger partial charge < -0.3 is 14.4 Å². The molecule has 2 aliphatic rings. The summed E-state index contributed by atoms with van der Waals surface area (Å²) in [4.78, 5) is 42.4. The first-order chi connectivity index (χ1) is 12.0. The number of carbonyl (C=O) groups excluding carboxylic acids is 2. The van der Waals surface area contributed by atoms with E-state index < -0.39 is 0 Å². The fourth-order valence-corrected chi connectivity index (χ4v) is 3.41. The zero-order valence-corrected chi connectivity index (χ0v) is 14.8. The summed E-state index contributed by atoms with van der Waals surface area (Å²) in [6.07, 6.45) is 5.03. The molecule has 2 aliphatic heterocycles. The van der Waals surface area contributed by atoms with Crippen LogP contribution in [0.5, 0.6) is 0 Å². The summed E-state index contributed by atoms with van der Waals surface area (Å²) < 4.78 is 1.45. The van der Waals surface area contributed by atoms with E-state index in [1.54, 1.807) is 24.2 Å². The van der Waals surface area contributed by atoms with Crippen molar-refractivity contribution < 1.29 is 9.59 Å². The van der Waals surface area contributed by atoms with Gasteiger partial charge in [0.25, 0.3) is 11.5 Å². The summed E-state index contributed by atoms with van der Waals surface area (Å²) in [5.41, 5.74) is 0.248. The molecule has 1 aromatic heterocycles. The summed E-state index contributed by atoms with van der Waals surface area (Å²) in [5.74, 6) is 0.0886. The molecule has 2 fully saturated rings. The SMILES string of the molecule is Cn1ccc(C(=O)N2CCN(CC(=O)N3CCCCC3)CC2)cc1=O. The average molecular weight is 346 g/mol. The lowest BCUT2D eigenvalue weighted by Crippen LogP contribution is -2.52. The highest BCUT2D eigenvalue weighted by Gasteiger charge is 2.25. The second-order valence-electron chi connectivity index (χ2n) is 6.87. The fraction of sp³-hybridized carbons (Fsp3) is 0.611. The zero-order chi connectivity index (χ0) is 17.8. The molecule has 0 saturated carbocycles. The third-order valence-electron chi connectivity index (χ3n) is 5.08. The molecule has 0 unspecified atom stereocenters. The maximum Gasteiger partial charge on any atom is 0.254 e. The van der Waals surface area contributed by atoms with E-state index in [0.29, 0.717) is 38.3 Å². The molecule has 3 rings (SSSR count). The van der Waals surface area contributed by atoms with Crippen LogP contribution in [0.2, 0.25) is 0 Å². The van der Waals surface area contributed by atoms with E-state index in [2.05, 4.69) is 4.90 Å². The molecule has 2 saturated heterocycles. The average Bonchev–Trinajstić information content (AvgIpc) is 2.65. The van der Waals surface area contributed by atoms with Crippen molar-refractivity contribution in [3.05, 3.63) is 34.2 Å². The molecule has 136 valence electrons. The van der Waals surface area contributed by atoms with Crippen molar-refractivity contribution in [2.45, 2.75) is 19.3 Å². The number of aryl methyl sites for hydroxylation is 1. The minimum absolute atomic E-state index is 0.111. The Morgan fingerprint density at radius 1 is 0.960 bits per heavy atom. The van der Waals surface area contributed by atoms with Crippen LogP contribution in [0, 0.1) is 0 Å².